The van der Waals surface area contributed by atoms with E-state index in [0.717, 1.165) is 9.35 Å². The van der Waals surface area contributed by atoms with Crippen LogP contribution in [0.5, 0.6) is 0 Å². The first-order valence-electron chi connectivity index (χ1n) is 5.93. The molecule has 0 radical (unpaired) electrons. The second kappa shape index (κ2) is 7.49. The van der Waals surface area contributed by atoms with Crippen LogP contribution < -0.4 is 5.32 Å². The molecule has 2 amide bonds. The third kappa shape index (κ3) is 5.20. The minimum absolute atomic E-state index is 0.0498. The maximum absolute atomic E-state index is 12.0. The van der Waals surface area contributed by atoms with Gasteiger partial charge < -0.3 is 15.3 Å². The van der Waals surface area contributed by atoms with Gasteiger partial charge in [-0.15, -0.1) is 11.3 Å². The standard InChI is InChI=1S/C12H17BrN2O3S/c1-3-15(8(2)4-11(16)17)12(18)14-6-10-5-9(13)7-19-10/h5,7-8H,3-4,6H2,1-2H3,(H,14,18)(H,16,17). The molecule has 1 aromatic heterocycles. The van der Waals surface area contributed by atoms with Gasteiger partial charge in [-0.2, -0.15) is 0 Å². The van der Waals surface area contributed by atoms with Gasteiger partial charge in [0.1, 0.15) is 0 Å². The van der Waals surface area contributed by atoms with Gasteiger partial charge in [-0.3, -0.25) is 4.79 Å². The molecule has 0 saturated carbocycles. The van der Waals surface area contributed by atoms with Crippen LogP contribution in [0.25, 0.3) is 0 Å². The van der Waals surface area contributed by atoms with Crippen molar-refractivity contribution in [3.05, 3.63) is 20.8 Å². The number of halogens is 1. The molecular formula is C12H17BrN2O3S. The second-order valence-electron chi connectivity index (χ2n) is 4.12. The number of hydrogen-bond acceptors (Lipinski definition) is 3. The van der Waals surface area contributed by atoms with Crippen molar-refractivity contribution in [3.63, 3.8) is 0 Å². The summed E-state index contributed by atoms with van der Waals surface area (Å²) in [6.45, 7) is 4.50. The molecular weight excluding hydrogens is 332 g/mol. The molecule has 1 atom stereocenters. The number of carboxylic acids is 1. The zero-order valence-electron chi connectivity index (χ0n) is 10.9. The lowest BCUT2D eigenvalue weighted by atomic mass is 10.2. The lowest BCUT2D eigenvalue weighted by Crippen LogP contribution is -2.45. The molecule has 0 aliphatic heterocycles. The first-order chi connectivity index (χ1) is 8.93. The number of amides is 2. The molecule has 0 fully saturated rings. The topological polar surface area (TPSA) is 69.6 Å². The van der Waals surface area contributed by atoms with Gasteiger partial charge in [0.2, 0.25) is 0 Å². The number of rotatable bonds is 6. The van der Waals surface area contributed by atoms with Gasteiger partial charge >= 0.3 is 12.0 Å². The average molecular weight is 349 g/mol. The Kier molecular flexibility index (Phi) is 6.30. The molecule has 0 aliphatic carbocycles. The van der Waals surface area contributed by atoms with E-state index in [-0.39, 0.29) is 18.5 Å². The van der Waals surface area contributed by atoms with Crippen LogP contribution in [-0.4, -0.2) is 34.6 Å². The van der Waals surface area contributed by atoms with Crippen LogP contribution in [0.3, 0.4) is 0 Å². The summed E-state index contributed by atoms with van der Waals surface area (Å²) < 4.78 is 0.994. The van der Waals surface area contributed by atoms with Crippen molar-refractivity contribution >= 4 is 39.3 Å². The van der Waals surface area contributed by atoms with E-state index in [9.17, 15) is 9.59 Å². The van der Waals surface area contributed by atoms with Crippen LogP contribution in [-0.2, 0) is 11.3 Å². The number of carboxylic acid groups (broad SMARTS) is 1. The van der Waals surface area contributed by atoms with Crippen LogP contribution in [0.15, 0.2) is 15.9 Å². The van der Waals surface area contributed by atoms with Gasteiger partial charge in [-0.05, 0) is 35.8 Å². The van der Waals surface area contributed by atoms with Crippen molar-refractivity contribution < 1.29 is 14.7 Å². The Bertz CT molecular complexity index is 450. The van der Waals surface area contributed by atoms with E-state index in [4.69, 9.17) is 5.11 Å². The predicted molar refractivity (Wildman–Crippen MR) is 78.3 cm³/mol. The Morgan fingerprint density at radius 3 is 2.74 bits per heavy atom. The van der Waals surface area contributed by atoms with Crippen molar-refractivity contribution in [2.45, 2.75) is 32.9 Å². The first kappa shape index (κ1) is 16.0. The SMILES string of the molecule is CCN(C(=O)NCc1cc(Br)cs1)C(C)CC(=O)O. The third-order valence-electron chi connectivity index (χ3n) is 2.64. The molecule has 0 bridgehead atoms. The molecule has 106 valence electrons. The van der Waals surface area contributed by atoms with Crippen molar-refractivity contribution in [2.24, 2.45) is 0 Å². The highest BCUT2D eigenvalue weighted by Crippen LogP contribution is 2.19. The van der Waals surface area contributed by atoms with Gasteiger partial charge in [0, 0.05) is 27.3 Å². The number of nitrogens with one attached hydrogen (secondary N) is 1. The van der Waals surface area contributed by atoms with E-state index >= 15 is 0 Å². The minimum atomic E-state index is -0.902. The summed E-state index contributed by atoms with van der Waals surface area (Å²) in [5.74, 6) is -0.902. The van der Waals surface area contributed by atoms with Crippen molar-refractivity contribution in [2.75, 3.05) is 6.54 Å². The van der Waals surface area contributed by atoms with E-state index in [1.807, 2.05) is 18.4 Å². The van der Waals surface area contributed by atoms with Crippen molar-refractivity contribution in [1.29, 1.82) is 0 Å². The van der Waals surface area contributed by atoms with Crippen molar-refractivity contribution in [1.82, 2.24) is 10.2 Å². The number of carbonyl (C=O) groups is 2. The summed E-state index contributed by atoms with van der Waals surface area (Å²) >= 11 is 4.91. The average Bonchev–Trinajstić information content (AvgIpc) is 2.72. The highest BCUT2D eigenvalue weighted by atomic mass is 79.9. The molecule has 1 rings (SSSR count). The molecule has 19 heavy (non-hydrogen) atoms. The maximum atomic E-state index is 12.0. The van der Waals surface area contributed by atoms with Gasteiger partial charge in [-0.1, -0.05) is 0 Å². The molecule has 1 heterocycles. The van der Waals surface area contributed by atoms with Crippen molar-refractivity contribution in [3.8, 4) is 0 Å². The van der Waals surface area contributed by atoms with E-state index in [2.05, 4.69) is 21.2 Å². The molecule has 0 spiro atoms. The van der Waals surface area contributed by atoms with Gasteiger partial charge in [0.15, 0.2) is 0 Å². The van der Waals surface area contributed by atoms with E-state index in [1.165, 1.54) is 4.90 Å². The minimum Gasteiger partial charge on any atom is -0.481 e. The number of aliphatic carboxylic acids is 1. The third-order valence-corrected chi connectivity index (χ3v) is 4.34. The molecule has 2 N–H and O–H groups in total. The fourth-order valence-corrected chi connectivity index (χ4v) is 3.12. The predicted octanol–water partition coefficient (Wildman–Crippen LogP) is 2.91. The molecule has 7 heteroatoms. The lowest BCUT2D eigenvalue weighted by molar-refractivity contribution is -0.138. The first-order valence-corrected chi connectivity index (χ1v) is 7.60. The van der Waals surface area contributed by atoms with E-state index in [0.29, 0.717) is 13.1 Å². The molecule has 5 nitrogen and oxygen atoms in total. The highest BCUT2D eigenvalue weighted by molar-refractivity contribution is 9.10. The summed E-state index contributed by atoms with van der Waals surface area (Å²) in [6, 6.07) is 1.39. The Labute approximate surface area is 124 Å². The number of urea groups is 1. The second-order valence-corrected chi connectivity index (χ2v) is 6.03. The van der Waals surface area contributed by atoms with E-state index < -0.39 is 5.97 Å². The number of hydrogen-bond donors (Lipinski definition) is 2. The van der Waals surface area contributed by atoms with Crippen LogP contribution >= 0.6 is 27.3 Å². The number of nitrogens with zero attached hydrogens (tertiary/aromatic N) is 1. The van der Waals surface area contributed by atoms with Gasteiger partial charge in [-0.25, -0.2) is 4.79 Å². The van der Waals surface area contributed by atoms with Crippen LogP contribution in [0.2, 0.25) is 0 Å². The summed E-state index contributed by atoms with van der Waals surface area (Å²) in [6.07, 6.45) is -0.0498. The largest absolute Gasteiger partial charge is 0.481 e. The Morgan fingerprint density at radius 1 is 1.58 bits per heavy atom. The molecule has 1 unspecified atom stereocenters. The summed E-state index contributed by atoms with van der Waals surface area (Å²) in [4.78, 5) is 25.2. The van der Waals surface area contributed by atoms with Gasteiger partial charge in [0.05, 0.1) is 13.0 Å². The summed E-state index contributed by atoms with van der Waals surface area (Å²) in [5.41, 5.74) is 0. The Hall–Kier alpha value is -1.08. The number of thiophene rings is 1. The zero-order valence-corrected chi connectivity index (χ0v) is 13.3. The maximum Gasteiger partial charge on any atom is 0.317 e. The monoisotopic (exact) mass is 348 g/mol. The fourth-order valence-electron chi connectivity index (χ4n) is 1.73. The lowest BCUT2D eigenvalue weighted by Gasteiger charge is -2.27. The van der Waals surface area contributed by atoms with Crippen LogP contribution in [0, 0.1) is 0 Å². The molecule has 1 aromatic rings. The van der Waals surface area contributed by atoms with Crippen LogP contribution in [0.1, 0.15) is 25.1 Å². The Morgan fingerprint density at radius 2 is 2.26 bits per heavy atom. The highest BCUT2D eigenvalue weighted by Gasteiger charge is 2.20. The van der Waals surface area contributed by atoms with Gasteiger partial charge in [0.25, 0.3) is 0 Å². The summed E-state index contributed by atoms with van der Waals surface area (Å²) in [7, 11) is 0. The quantitative estimate of drug-likeness (QED) is 0.830. The molecule has 0 aromatic carbocycles. The zero-order chi connectivity index (χ0) is 14.4. The molecule has 0 saturated heterocycles. The number of carbonyl (C=O) groups excluding carboxylic acids is 1. The summed E-state index contributed by atoms with van der Waals surface area (Å²) in [5, 5.41) is 13.5. The Balaban J connectivity index is 2.51. The van der Waals surface area contributed by atoms with E-state index in [1.54, 1.807) is 18.3 Å². The molecule has 0 aliphatic rings. The smallest absolute Gasteiger partial charge is 0.317 e. The van der Waals surface area contributed by atoms with Crippen LogP contribution in [0.4, 0.5) is 4.79 Å². The fraction of sp³-hybridized carbons (Fsp3) is 0.500. The normalized spacial score (nSPS) is 11.9.